The molecule has 0 aliphatic heterocycles. The first-order valence-corrected chi connectivity index (χ1v) is 8.88. The van der Waals surface area contributed by atoms with Crippen LogP contribution in [0, 0.1) is 11.3 Å². The van der Waals surface area contributed by atoms with E-state index in [4.69, 9.17) is 9.47 Å². The van der Waals surface area contributed by atoms with Gasteiger partial charge in [-0.25, -0.2) is 0 Å². The highest BCUT2D eigenvalue weighted by molar-refractivity contribution is 5.97. The summed E-state index contributed by atoms with van der Waals surface area (Å²) < 4.78 is 10.5. The molecule has 0 spiro atoms. The zero-order valence-electron chi connectivity index (χ0n) is 16.3. The van der Waals surface area contributed by atoms with Gasteiger partial charge in [0.25, 0.3) is 5.91 Å². The minimum absolute atomic E-state index is 0.0398. The lowest BCUT2D eigenvalue weighted by Crippen LogP contribution is -2.28. The van der Waals surface area contributed by atoms with Crippen LogP contribution in [0.25, 0.3) is 10.9 Å². The number of methoxy groups -OCH3 is 2. The van der Waals surface area contributed by atoms with Crippen molar-refractivity contribution in [3.63, 3.8) is 0 Å². The molecule has 1 aromatic heterocycles. The number of nitrogens with zero attached hydrogens (tertiary/aromatic N) is 2. The van der Waals surface area contributed by atoms with Crippen LogP contribution < -0.4 is 20.1 Å². The Labute approximate surface area is 168 Å². The smallest absolute Gasteiger partial charge is 0.263 e. The number of carbonyl (C=O) groups is 1. The number of nitriles is 1. The molecule has 0 fully saturated rings. The molecule has 1 amide bonds. The number of ether oxygens (including phenoxy) is 2. The van der Waals surface area contributed by atoms with E-state index >= 15 is 0 Å². The lowest BCUT2D eigenvalue weighted by atomic mass is 10.1. The quantitative estimate of drug-likeness (QED) is 0.421. The Morgan fingerprint density at radius 3 is 2.72 bits per heavy atom. The number of carbonyl (C=O) groups excluding carboxylic acids is 1. The Morgan fingerprint density at radius 1 is 1.21 bits per heavy atom. The number of hydrogen-bond acceptors (Lipinski definition) is 6. The van der Waals surface area contributed by atoms with Crippen molar-refractivity contribution in [1.29, 1.82) is 5.26 Å². The maximum atomic E-state index is 12.5. The van der Waals surface area contributed by atoms with Gasteiger partial charge in [-0.1, -0.05) is 6.07 Å². The molecule has 0 bridgehead atoms. The van der Waals surface area contributed by atoms with Gasteiger partial charge in [-0.2, -0.15) is 10.4 Å². The third-order valence-electron chi connectivity index (χ3n) is 4.45. The number of aromatic nitrogens is 2. The lowest BCUT2D eigenvalue weighted by molar-refractivity contribution is -0.117. The summed E-state index contributed by atoms with van der Waals surface area (Å²) in [7, 11) is 3.11. The van der Waals surface area contributed by atoms with Crippen molar-refractivity contribution in [3.05, 3.63) is 59.9 Å². The molecule has 1 atom stereocenters. The second-order valence-electron chi connectivity index (χ2n) is 6.30. The normalized spacial score (nSPS) is 12.1. The van der Waals surface area contributed by atoms with Crippen LogP contribution in [0.4, 0.5) is 5.69 Å². The molecule has 148 valence electrons. The van der Waals surface area contributed by atoms with Crippen molar-refractivity contribution in [3.8, 4) is 17.6 Å². The van der Waals surface area contributed by atoms with Gasteiger partial charge in [-0.3, -0.25) is 9.89 Å². The summed E-state index contributed by atoms with van der Waals surface area (Å²) in [6.07, 6.45) is 3.10. The number of hydrogen-bond donors (Lipinski definition) is 3. The van der Waals surface area contributed by atoms with Gasteiger partial charge in [0.15, 0.2) is 11.5 Å². The zero-order valence-corrected chi connectivity index (χ0v) is 16.3. The number of H-pyrrole nitrogens is 1. The van der Waals surface area contributed by atoms with E-state index in [1.807, 2.05) is 37.3 Å². The maximum absolute atomic E-state index is 12.5. The van der Waals surface area contributed by atoms with Gasteiger partial charge in [0.2, 0.25) is 0 Å². The zero-order chi connectivity index (χ0) is 20.8. The standard InChI is InChI=1S/C21H21N5O3/c1-13(14-5-7-19(28-2)20(8-14)29-3)25-21(27)16(10-22)11-23-17-6-4-15-12-24-26-18(15)9-17/h4-9,11-13,23H,1-3H3,(H,24,26)(H,25,27)/b16-11-. The predicted molar refractivity (Wildman–Crippen MR) is 110 cm³/mol. The van der Waals surface area contributed by atoms with Crippen molar-refractivity contribution in [2.45, 2.75) is 13.0 Å². The summed E-state index contributed by atoms with van der Waals surface area (Å²) in [5.41, 5.74) is 2.37. The number of amides is 1. The minimum Gasteiger partial charge on any atom is -0.493 e. The molecule has 8 heteroatoms. The van der Waals surface area contributed by atoms with Crippen LogP contribution in [0.1, 0.15) is 18.5 Å². The van der Waals surface area contributed by atoms with E-state index in [0.717, 1.165) is 22.2 Å². The molecular formula is C21H21N5O3. The minimum atomic E-state index is -0.482. The molecule has 29 heavy (non-hydrogen) atoms. The van der Waals surface area contributed by atoms with Gasteiger partial charge >= 0.3 is 0 Å². The average Bonchev–Trinajstić information content (AvgIpc) is 3.21. The van der Waals surface area contributed by atoms with Gasteiger partial charge in [0, 0.05) is 17.3 Å². The summed E-state index contributed by atoms with van der Waals surface area (Å²) in [4.78, 5) is 12.5. The Kier molecular flexibility index (Phi) is 6.00. The predicted octanol–water partition coefficient (Wildman–Crippen LogP) is 3.28. The fourth-order valence-electron chi connectivity index (χ4n) is 2.81. The molecule has 0 saturated heterocycles. The van der Waals surface area contributed by atoms with E-state index in [1.54, 1.807) is 32.5 Å². The molecule has 0 radical (unpaired) electrons. The van der Waals surface area contributed by atoms with E-state index in [1.165, 1.54) is 6.20 Å². The molecule has 1 unspecified atom stereocenters. The Balaban J connectivity index is 1.70. The third-order valence-corrected chi connectivity index (χ3v) is 4.45. The van der Waals surface area contributed by atoms with Crippen molar-refractivity contribution in [2.75, 3.05) is 19.5 Å². The number of benzene rings is 2. The van der Waals surface area contributed by atoms with Gasteiger partial charge < -0.3 is 20.1 Å². The van der Waals surface area contributed by atoms with Crippen LogP contribution in [0.5, 0.6) is 11.5 Å². The fraction of sp³-hybridized carbons (Fsp3) is 0.190. The second kappa shape index (κ2) is 8.80. The monoisotopic (exact) mass is 391 g/mol. The molecule has 0 aliphatic rings. The van der Waals surface area contributed by atoms with Gasteiger partial charge in [0.05, 0.1) is 32.0 Å². The molecule has 1 heterocycles. The molecule has 3 N–H and O–H groups in total. The van der Waals surface area contributed by atoms with E-state index in [0.29, 0.717) is 11.5 Å². The Morgan fingerprint density at radius 2 is 2.00 bits per heavy atom. The Bertz CT molecular complexity index is 1100. The van der Waals surface area contributed by atoms with Crippen LogP contribution in [0.3, 0.4) is 0 Å². The number of fused-ring (bicyclic) bond motifs is 1. The fourth-order valence-corrected chi connectivity index (χ4v) is 2.81. The molecule has 8 nitrogen and oxygen atoms in total. The van der Waals surface area contributed by atoms with Crippen LogP contribution in [-0.4, -0.2) is 30.3 Å². The first-order chi connectivity index (χ1) is 14.0. The van der Waals surface area contributed by atoms with Gasteiger partial charge in [-0.15, -0.1) is 0 Å². The summed E-state index contributed by atoms with van der Waals surface area (Å²) in [6, 6.07) is 12.6. The van der Waals surface area contributed by atoms with Crippen molar-refractivity contribution < 1.29 is 14.3 Å². The molecule has 3 aromatic rings. The largest absolute Gasteiger partial charge is 0.493 e. The average molecular weight is 391 g/mol. The van der Waals surface area contributed by atoms with E-state index in [-0.39, 0.29) is 11.6 Å². The number of aromatic amines is 1. The number of anilines is 1. The van der Waals surface area contributed by atoms with Crippen LogP contribution in [0.2, 0.25) is 0 Å². The first kappa shape index (κ1) is 19.8. The molecule has 3 rings (SSSR count). The van der Waals surface area contributed by atoms with Gasteiger partial charge in [0.1, 0.15) is 11.6 Å². The van der Waals surface area contributed by atoms with E-state index in [2.05, 4.69) is 20.8 Å². The van der Waals surface area contributed by atoms with E-state index in [9.17, 15) is 10.1 Å². The highest BCUT2D eigenvalue weighted by atomic mass is 16.5. The highest BCUT2D eigenvalue weighted by Crippen LogP contribution is 2.30. The van der Waals surface area contributed by atoms with E-state index < -0.39 is 5.91 Å². The maximum Gasteiger partial charge on any atom is 0.263 e. The topological polar surface area (TPSA) is 112 Å². The highest BCUT2D eigenvalue weighted by Gasteiger charge is 2.15. The SMILES string of the molecule is COc1ccc(C(C)NC(=O)/C(C#N)=C\Nc2ccc3cn[nH]c3c2)cc1OC. The molecular weight excluding hydrogens is 370 g/mol. The summed E-state index contributed by atoms with van der Waals surface area (Å²) in [5.74, 6) is 0.689. The Hall–Kier alpha value is -3.99. The van der Waals surface area contributed by atoms with Crippen LogP contribution in [-0.2, 0) is 4.79 Å². The number of nitrogens with one attached hydrogen (secondary N) is 3. The second-order valence-corrected chi connectivity index (χ2v) is 6.30. The first-order valence-electron chi connectivity index (χ1n) is 8.88. The van der Waals surface area contributed by atoms with Gasteiger partial charge in [-0.05, 0) is 42.8 Å². The van der Waals surface area contributed by atoms with Crippen LogP contribution in [0.15, 0.2) is 54.4 Å². The van der Waals surface area contributed by atoms with Crippen molar-refractivity contribution in [1.82, 2.24) is 15.5 Å². The summed E-state index contributed by atoms with van der Waals surface area (Å²) in [6.45, 7) is 1.83. The summed E-state index contributed by atoms with van der Waals surface area (Å²) >= 11 is 0. The number of rotatable bonds is 7. The summed E-state index contributed by atoms with van der Waals surface area (Å²) in [5, 5.41) is 23.0. The molecule has 2 aromatic carbocycles. The molecule has 0 saturated carbocycles. The van der Waals surface area contributed by atoms with Crippen molar-refractivity contribution >= 4 is 22.5 Å². The van der Waals surface area contributed by atoms with Crippen LogP contribution >= 0.6 is 0 Å². The third kappa shape index (κ3) is 4.47. The molecule has 0 aliphatic carbocycles. The lowest BCUT2D eigenvalue weighted by Gasteiger charge is -2.16. The van der Waals surface area contributed by atoms with Crippen molar-refractivity contribution in [2.24, 2.45) is 0 Å².